The molecule has 2 atom stereocenters. The maximum absolute atomic E-state index is 10.7. The minimum atomic E-state index is -1.12. The molecular formula is C17H24O10. The summed E-state index contributed by atoms with van der Waals surface area (Å²) in [7, 11) is 0. The lowest BCUT2D eigenvalue weighted by atomic mass is 9.75. The maximum atomic E-state index is 10.7. The highest BCUT2D eigenvalue weighted by Gasteiger charge is 2.39. The standard InChI is InChI=1S/C9H12O6.C8H12O4/c10-7(11)4-1-5(8(12)13)3-6(2-4)9(14)15;9-7(10)5-3-1-2-4-6(5)8(11)12/h4-6H,1-3H2,(H,10,11)(H,12,13)(H,14,15);5-6H,1-4H2,(H,9,10)(H,11,12). The lowest BCUT2D eigenvalue weighted by molar-refractivity contribution is -0.155. The molecule has 2 aliphatic rings. The Hall–Kier alpha value is -2.65. The Morgan fingerprint density at radius 1 is 0.481 bits per heavy atom. The van der Waals surface area contributed by atoms with E-state index in [9.17, 15) is 24.0 Å². The molecule has 152 valence electrons. The van der Waals surface area contributed by atoms with Gasteiger partial charge in [0, 0.05) is 0 Å². The molecule has 0 aromatic heterocycles. The van der Waals surface area contributed by atoms with Crippen molar-refractivity contribution in [1.29, 1.82) is 0 Å². The zero-order chi connectivity index (χ0) is 20.7. The fraction of sp³-hybridized carbons (Fsp3) is 0.706. The van der Waals surface area contributed by atoms with Crippen molar-refractivity contribution in [3.8, 4) is 0 Å². The van der Waals surface area contributed by atoms with E-state index in [1.807, 2.05) is 0 Å². The van der Waals surface area contributed by atoms with Crippen molar-refractivity contribution in [3.63, 3.8) is 0 Å². The van der Waals surface area contributed by atoms with E-state index < -0.39 is 59.4 Å². The first-order valence-electron chi connectivity index (χ1n) is 8.68. The number of aliphatic carboxylic acids is 5. The van der Waals surface area contributed by atoms with Gasteiger partial charge in [-0.05, 0) is 32.1 Å². The number of hydrogen-bond acceptors (Lipinski definition) is 5. The third-order valence-electron chi connectivity index (χ3n) is 5.16. The van der Waals surface area contributed by atoms with E-state index in [4.69, 9.17) is 25.5 Å². The van der Waals surface area contributed by atoms with E-state index in [1.54, 1.807) is 0 Å². The van der Waals surface area contributed by atoms with E-state index in [2.05, 4.69) is 0 Å². The topological polar surface area (TPSA) is 186 Å². The Bertz CT molecular complexity index is 523. The Kier molecular flexibility index (Phi) is 8.20. The van der Waals surface area contributed by atoms with E-state index in [1.165, 1.54) is 0 Å². The first kappa shape index (κ1) is 22.4. The van der Waals surface area contributed by atoms with Crippen LogP contribution >= 0.6 is 0 Å². The highest BCUT2D eigenvalue weighted by Crippen LogP contribution is 2.34. The van der Waals surface area contributed by atoms with E-state index in [0.29, 0.717) is 12.8 Å². The molecule has 5 N–H and O–H groups in total. The highest BCUT2D eigenvalue weighted by molar-refractivity contribution is 5.80. The van der Waals surface area contributed by atoms with Gasteiger partial charge in [0.25, 0.3) is 0 Å². The average molecular weight is 388 g/mol. The van der Waals surface area contributed by atoms with Gasteiger partial charge in [-0.2, -0.15) is 0 Å². The summed E-state index contributed by atoms with van der Waals surface area (Å²) in [5.41, 5.74) is 0. The molecule has 0 aliphatic heterocycles. The molecule has 10 nitrogen and oxygen atoms in total. The number of hydrogen-bond donors (Lipinski definition) is 5. The number of carbonyl (C=O) groups is 5. The number of carboxylic acids is 5. The van der Waals surface area contributed by atoms with Crippen molar-refractivity contribution < 1.29 is 49.5 Å². The van der Waals surface area contributed by atoms with Gasteiger partial charge in [0.1, 0.15) is 0 Å². The van der Waals surface area contributed by atoms with Crippen LogP contribution in [-0.4, -0.2) is 55.4 Å². The third kappa shape index (κ3) is 6.54. The van der Waals surface area contributed by atoms with Crippen molar-refractivity contribution in [1.82, 2.24) is 0 Å². The van der Waals surface area contributed by atoms with Gasteiger partial charge >= 0.3 is 29.8 Å². The number of rotatable bonds is 5. The Labute approximate surface area is 154 Å². The molecule has 0 bridgehead atoms. The van der Waals surface area contributed by atoms with Gasteiger partial charge in [-0.15, -0.1) is 0 Å². The quantitative estimate of drug-likeness (QED) is 0.458. The van der Waals surface area contributed by atoms with Crippen molar-refractivity contribution >= 4 is 29.8 Å². The zero-order valence-electron chi connectivity index (χ0n) is 14.6. The monoisotopic (exact) mass is 388 g/mol. The molecule has 0 amide bonds. The molecule has 0 spiro atoms. The summed E-state index contributed by atoms with van der Waals surface area (Å²) in [6, 6.07) is 0. The summed E-state index contributed by atoms with van der Waals surface area (Å²) in [4.78, 5) is 53.3. The van der Waals surface area contributed by atoms with Crippen molar-refractivity contribution in [3.05, 3.63) is 0 Å². The van der Waals surface area contributed by atoms with Crippen LogP contribution < -0.4 is 0 Å². The van der Waals surface area contributed by atoms with Crippen LogP contribution in [0, 0.1) is 29.6 Å². The molecular weight excluding hydrogens is 364 g/mol. The predicted molar refractivity (Wildman–Crippen MR) is 87.9 cm³/mol. The largest absolute Gasteiger partial charge is 0.481 e. The highest BCUT2D eigenvalue weighted by atomic mass is 16.4. The molecule has 2 aliphatic carbocycles. The Morgan fingerprint density at radius 2 is 0.741 bits per heavy atom. The van der Waals surface area contributed by atoms with Crippen LogP contribution in [0.4, 0.5) is 0 Å². The molecule has 2 fully saturated rings. The summed E-state index contributed by atoms with van der Waals surface area (Å²) in [5.74, 6) is -9.22. The molecule has 0 aromatic rings. The average Bonchev–Trinajstić information content (AvgIpc) is 2.61. The summed E-state index contributed by atoms with van der Waals surface area (Å²) < 4.78 is 0. The van der Waals surface area contributed by atoms with Crippen molar-refractivity contribution in [2.24, 2.45) is 29.6 Å². The first-order chi connectivity index (χ1) is 12.5. The minimum Gasteiger partial charge on any atom is -0.481 e. The van der Waals surface area contributed by atoms with Crippen molar-refractivity contribution in [2.75, 3.05) is 0 Å². The summed E-state index contributed by atoms with van der Waals surface area (Å²) in [5, 5.41) is 43.6. The van der Waals surface area contributed by atoms with Gasteiger partial charge in [0.2, 0.25) is 0 Å². The van der Waals surface area contributed by atoms with Crippen LogP contribution in [0.1, 0.15) is 44.9 Å². The summed E-state index contributed by atoms with van der Waals surface area (Å²) in [6.45, 7) is 0. The third-order valence-corrected chi connectivity index (χ3v) is 5.16. The second-order valence-corrected chi connectivity index (χ2v) is 6.99. The van der Waals surface area contributed by atoms with Crippen LogP contribution in [0.25, 0.3) is 0 Å². The van der Waals surface area contributed by atoms with Gasteiger partial charge in [-0.3, -0.25) is 24.0 Å². The van der Waals surface area contributed by atoms with E-state index >= 15 is 0 Å². The smallest absolute Gasteiger partial charge is 0.307 e. The van der Waals surface area contributed by atoms with E-state index in [0.717, 1.165) is 12.8 Å². The number of carboxylic acid groups (broad SMARTS) is 5. The lowest BCUT2D eigenvalue weighted by Gasteiger charge is -2.28. The molecule has 0 aromatic carbocycles. The van der Waals surface area contributed by atoms with Crippen LogP contribution in [0.3, 0.4) is 0 Å². The molecule has 0 radical (unpaired) electrons. The zero-order valence-corrected chi connectivity index (χ0v) is 14.6. The normalized spacial score (nSPS) is 30.3. The first-order valence-corrected chi connectivity index (χ1v) is 8.68. The van der Waals surface area contributed by atoms with E-state index in [-0.39, 0.29) is 19.3 Å². The molecule has 2 saturated carbocycles. The van der Waals surface area contributed by atoms with Crippen molar-refractivity contribution in [2.45, 2.75) is 44.9 Å². The summed E-state index contributed by atoms with van der Waals surface area (Å²) in [6.07, 6.45) is 2.75. The predicted octanol–water partition coefficient (Wildman–Crippen LogP) is 1.23. The van der Waals surface area contributed by atoms with Gasteiger partial charge in [-0.1, -0.05) is 12.8 Å². The Balaban J connectivity index is 0.000000277. The molecule has 10 heteroatoms. The molecule has 2 rings (SSSR count). The second kappa shape index (κ2) is 9.89. The van der Waals surface area contributed by atoms with Gasteiger partial charge < -0.3 is 25.5 Å². The molecule has 0 heterocycles. The minimum absolute atomic E-state index is 0.0223. The van der Waals surface area contributed by atoms with Crippen LogP contribution in [0.5, 0.6) is 0 Å². The van der Waals surface area contributed by atoms with Gasteiger partial charge in [-0.25, -0.2) is 0 Å². The molecule has 2 unspecified atom stereocenters. The lowest BCUT2D eigenvalue weighted by Crippen LogP contribution is -2.34. The molecule has 27 heavy (non-hydrogen) atoms. The van der Waals surface area contributed by atoms with Gasteiger partial charge in [0.05, 0.1) is 29.6 Å². The maximum Gasteiger partial charge on any atom is 0.307 e. The van der Waals surface area contributed by atoms with Crippen LogP contribution in [-0.2, 0) is 24.0 Å². The fourth-order valence-corrected chi connectivity index (χ4v) is 3.65. The summed E-state index contributed by atoms with van der Waals surface area (Å²) >= 11 is 0. The molecule has 0 saturated heterocycles. The van der Waals surface area contributed by atoms with Crippen LogP contribution in [0.15, 0.2) is 0 Å². The second-order valence-electron chi connectivity index (χ2n) is 6.99. The SMILES string of the molecule is O=C(O)C1CC(C(=O)O)CC(C(=O)O)C1.O=C(O)C1CCCCC1C(=O)O. The van der Waals surface area contributed by atoms with Gasteiger partial charge in [0.15, 0.2) is 0 Å². The Morgan fingerprint density at radius 3 is 0.926 bits per heavy atom. The van der Waals surface area contributed by atoms with Crippen LogP contribution in [0.2, 0.25) is 0 Å². The fourth-order valence-electron chi connectivity index (χ4n) is 3.65.